The van der Waals surface area contributed by atoms with E-state index in [0.717, 1.165) is 51.7 Å². The van der Waals surface area contributed by atoms with E-state index in [1.54, 1.807) is 7.11 Å². The molecule has 5 nitrogen and oxygen atoms in total. The maximum absolute atomic E-state index is 13.6. The van der Waals surface area contributed by atoms with Gasteiger partial charge in [-0.25, -0.2) is 4.79 Å². The van der Waals surface area contributed by atoms with Crippen molar-refractivity contribution in [3.63, 3.8) is 0 Å². The highest BCUT2D eigenvalue weighted by Gasteiger charge is 2.32. The summed E-state index contributed by atoms with van der Waals surface area (Å²) in [6.45, 7) is 9.17. The molecule has 4 aromatic rings. The summed E-state index contributed by atoms with van der Waals surface area (Å²) < 4.78 is 13.1. The number of benzene rings is 3. The number of aliphatic hydroxyl groups is 1. The van der Waals surface area contributed by atoms with E-state index in [9.17, 15) is 9.90 Å². The van der Waals surface area contributed by atoms with Gasteiger partial charge in [-0.05, 0) is 77.6 Å². The van der Waals surface area contributed by atoms with Crippen molar-refractivity contribution in [2.75, 3.05) is 13.7 Å². The quantitative estimate of drug-likeness (QED) is 0.253. The number of hydrogen-bond acceptors (Lipinski definition) is 4. The van der Waals surface area contributed by atoms with E-state index in [1.807, 2.05) is 47.9 Å². The molecule has 3 aromatic carbocycles. The first kappa shape index (κ1) is 26.1. The number of esters is 1. The fourth-order valence-electron chi connectivity index (χ4n) is 5.20. The first-order chi connectivity index (χ1) is 18.2. The summed E-state index contributed by atoms with van der Waals surface area (Å²) in [5, 5.41) is 11.9. The van der Waals surface area contributed by atoms with E-state index in [0.29, 0.717) is 18.2 Å². The summed E-state index contributed by atoms with van der Waals surface area (Å²) in [7, 11) is 1.65. The monoisotopic (exact) mass is 511 g/mol. The van der Waals surface area contributed by atoms with Crippen LogP contribution >= 0.6 is 0 Å². The van der Waals surface area contributed by atoms with Crippen LogP contribution in [0.15, 0.2) is 66.7 Å². The number of fused-ring (bicyclic) bond motifs is 1. The maximum atomic E-state index is 13.6. The lowest BCUT2D eigenvalue weighted by molar-refractivity contribution is 0.0516. The first-order valence-electron chi connectivity index (χ1n) is 13.5. The molecule has 1 aliphatic carbocycles. The molecule has 198 valence electrons. The van der Waals surface area contributed by atoms with E-state index in [-0.39, 0.29) is 18.0 Å². The number of methoxy groups -OCH3 is 1. The maximum Gasteiger partial charge on any atom is 0.355 e. The predicted octanol–water partition coefficient (Wildman–Crippen LogP) is 7.28. The fourth-order valence-corrected chi connectivity index (χ4v) is 5.20. The average Bonchev–Trinajstić information content (AvgIpc) is 3.71. The van der Waals surface area contributed by atoms with Gasteiger partial charge in [-0.15, -0.1) is 0 Å². The van der Waals surface area contributed by atoms with Crippen LogP contribution in [-0.4, -0.2) is 29.4 Å². The van der Waals surface area contributed by atoms with Gasteiger partial charge in [-0.2, -0.15) is 0 Å². The molecule has 1 saturated carbocycles. The Morgan fingerprint density at radius 3 is 2.42 bits per heavy atom. The van der Waals surface area contributed by atoms with Gasteiger partial charge in [0.2, 0.25) is 0 Å². The summed E-state index contributed by atoms with van der Waals surface area (Å²) >= 11 is 0. The molecule has 1 atom stereocenters. The fraction of sp³-hybridized carbons (Fsp3) is 0.364. The molecule has 0 radical (unpaired) electrons. The van der Waals surface area contributed by atoms with Crippen LogP contribution in [0, 0.1) is 5.92 Å². The van der Waals surface area contributed by atoms with Crippen LogP contribution in [0.4, 0.5) is 0 Å². The molecule has 1 aromatic heterocycles. The van der Waals surface area contributed by atoms with Crippen LogP contribution in [0.3, 0.4) is 0 Å². The zero-order chi connectivity index (χ0) is 27.0. The zero-order valence-corrected chi connectivity index (χ0v) is 23.0. The van der Waals surface area contributed by atoms with Gasteiger partial charge in [0.1, 0.15) is 11.4 Å². The SMILES string of the molecule is CCOC(=O)c1c(-c2ccc(C(C)(C)C)cc2)c2cc(C(O)C3CC3)ccc2n1Cc1cccc(OC)c1. The zero-order valence-electron chi connectivity index (χ0n) is 23.0. The summed E-state index contributed by atoms with van der Waals surface area (Å²) in [5.41, 5.74) is 6.39. The Morgan fingerprint density at radius 2 is 1.79 bits per heavy atom. The highest BCUT2D eigenvalue weighted by Crippen LogP contribution is 2.43. The smallest absolute Gasteiger partial charge is 0.355 e. The van der Waals surface area contributed by atoms with Crippen molar-refractivity contribution in [2.45, 2.75) is 58.6 Å². The predicted molar refractivity (Wildman–Crippen MR) is 152 cm³/mol. The topological polar surface area (TPSA) is 60.7 Å². The third kappa shape index (κ3) is 5.08. The van der Waals surface area contributed by atoms with E-state index < -0.39 is 6.10 Å². The molecule has 0 aliphatic heterocycles. The van der Waals surface area contributed by atoms with Crippen molar-refractivity contribution in [3.05, 3.63) is 89.1 Å². The van der Waals surface area contributed by atoms with Gasteiger partial charge >= 0.3 is 5.97 Å². The van der Waals surface area contributed by atoms with Crippen LogP contribution in [0.25, 0.3) is 22.0 Å². The molecule has 1 fully saturated rings. The number of nitrogens with zero attached hydrogens (tertiary/aromatic N) is 1. The number of aliphatic hydroxyl groups excluding tert-OH is 1. The minimum Gasteiger partial charge on any atom is -0.497 e. The number of rotatable bonds is 8. The minimum absolute atomic E-state index is 0.0183. The molecule has 5 heteroatoms. The van der Waals surface area contributed by atoms with Gasteiger partial charge in [0.05, 0.1) is 19.8 Å². The van der Waals surface area contributed by atoms with Crippen molar-refractivity contribution in [3.8, 4) is 16.9 Å². The van der Waals surface area contributed by atoms with Crippen molar-refractivity contribution >= 4 is 16.9 Å². The van der Waals surface area contributed by atoms with Crippen LogP contribution in [-0.2, 0) is 16.7 Å². The molecule has 0 bridgehead atoms. The summed E-state index contributed by atoms with van der Waals surface area (Å²) in [6.07, 6.45) is 1.60. The van der Waals surface area contributed by atoms with E-state index >= 15 is 0 Å². The largest absolute Gasteiger partial charge is 0.497 e. The van der Waals surface area contributed by atoms with Crippen molar-refractivity contribution in [2.24, 2.45) is 5.92 Å². The second-order valence-corrected chi connectivity index (χ2v) is 11.3. The van der Waals surface area contributed by atoms with Crippen LogP contribution in [0.1, 0.15) is 73.8 Å². The molecular formula is C33H37NO4. The lowest BCUT2D eigenvalue weighted by Crippen LogP contribution is -2.14. The Hall–Kier alpha value is -3.57. The van der Waals surface area contributed by atoms with E-state index in [2.05, 4.69) is 51.1 Å². The normalized spacial score (nSPS) is 14.5. The third-order valence-electron chi connectivity index (χ3n) is 7.48. The van der Waals surface area contributed by atoms with Crippen molar-refractivity contribution < 1.29 is 19.4 Å². The first-order valence-corrected chi connectivity index (χ1v) is 13.5. The highest BCUT2D eigenvalue weighted by molar-refractivity contribution is 6.09. The molecule has 0 saturated heterocycles. The molecule has 38 heavy (non-hydrogen) atoms. The van der Waals surface area contributed by atoms with Crippen molar-refractivity contribution in [1.29, 1.82) is 0 Å². The number of carbonyl (C=O) groups is 1. The van der Waals surface area contributed by atoms with Crippen LogP contribution in [0.5, 0.6) is 5.75 Å². The van der Waals surface area contributed by atoms with Gasteiger partial charge in [-0.1, -0.05) is 63.2 Å². The van der Waals surface area contributed by atoms with Crippen LogP contribution < -0.4 is 4.74 Å². The third-order valence-corrected chi connectivity index (χ3v) is 7.48. The Bertz CT molecular complexity index is 1460. The van der Waals surface area contributed by atoms with Crippen molar-refractivity contribution in [1.82, 2.24) is 4.57 Å². The summed E-state index contributed by atoms with van der Waals surface area (Å²) in [4.78, 5) is 13.6. The lowest BCUT2D eigenvalue weighted by Gasteiger charge is -2.19. The number of hydrogen-bond donors (Lipinski definition) is 1. The molecule has 0 spiro atoms. The Kier molecular flexibility index (Phi) is 7.06. The Morgan fingerprint density at radius 1 is 1.05 bits per heavy atom. The minimum atomic E-state index is -0.497. The number of carbonyl (C=O) groups excluding carboxylic acids is 1. The molecule has 0 amide bonds. The Balaban J connectivity index is 1.75. The number of aromatic nitrogens is 1. The average molecular weight is 512 g/mol. The molecule has 1 unspecified atom stereocenters. The van der Waals surface area contributed by atoms with Gasteiger partial charge in [0.15, 0.2) is 0 Å². The summed E-state index contributed by atoms with van der Waals surface area (Å²) in [5.74, 6) is 0.723. The molecule has 5 rings (SSSR count). The van der Waals surface area contributed by atoms with Crippen LogP contribution in [0.2, 0.25) is 0 Å². The van der Waals surface area contributed by atoms with Gasteiger partial charge in [0.25, 0.3) is 0 Å². The van der Waals surface area contributed by atoms with Gasteiger partial charge in [0, 0.05) is 23.0 Å². The second-order valence-electron chi connectivity index (χ2n) is 11.3. The molecule has 1 heterocycles. The standard InChI is InChI=1S/C33H37NO4/c1-6-38-32(36)30-29(22-12-15-25(16-13-22)33(2,3)4)27-19-24(31(35)23-10-11-23)14-17-28(27)34(30)20-21-8-7-9-26(18-21)37-5/h7-9,12-19,23,31,35H,6,10-11,20H2,1-5H3. The second kappa shape index (κ2) is 10.3. The van der Waals surface area contributed by atoms with Gasteiger partial charge < -0.3 is 19.1 Å². The molecular weight excluding hydrogens is 474 g/mol. The molecule has 1 aliphatic rings. The highest BCUT2D eigenvalue weighted by atomic mass is 16.5. The number of ether oxygens (including phenoxy) is 2. The van der Waals surface area contributed by atoms with Gasteiger partial charge in [-0.3, -0.25) is 0 Å². The Labute approximate surface area is 225 Å². The molecule has 1 N–H and O–H groups in total. The van der Waals surface area contributed by atoms with E-state index in [4.69, 9.17) is 9.47 Å². The summed E-state index contributed by atoms with van der Waals surface area (Å²) in [6, 6.07) is 22.5. The lowest BCUT2D eigenvalue weighted by atomic mass is 9.86. The van der Waals surface area contributed by atoms with E-state index in [1.165, 1.54) is 5.56 Å².